The van der Waals surface area contributed by atoms with E-state index in [9.17, 15) is 4.79 Å². The Bertz CT molecular complexity index is 1070. The number of piperidine rings is 1. The third-order valence-electron chi connectivity index (χ3n) is 5.88. The summed E-state index contributed by atoms with van der Waals surface area (Å²) in [6, 6.07) is 16.9. The van der Waals surface area contributed by atoms with Crippen molar-refractivity contribution >= 4 is 40.9 Å². The highest BCUT2D eigenvalue weighted by Gasteiger charge is 2.27. The molecule has 0 aliphatic carbocycles. The van der Waals surface area contributed by atoms with Crippen LogP contribution in [0.5, 0.6) is 0 Å². The summed E-state index contributed by atoms with van der Waals surface area (Å²) >= 11 is 12.8. The summed E-state index contributed by atoms with van der Waals surface area (Å²) in [5, 5.41) is 7.36. The molecule has 33 heavy (non-hydrogen) atoms. The number of benzene rings is 2. The summed E-state index contributed by atoms with van der Waals surface area (Å²) in [6.45, 7) is 4.45. The maximum Gasteiger partial charge on any atom is 0.262 e. The average molecular weight is 484 g/mol. The first kappa shape index (κ1) is 23.5. The Labute approximate surface area is 204 Å². The van der Waals surface area contributed by atoms with Gasteiger partial charge in [0.2, 0.25) is 5.95 Å². The van der Waals surface area contributed by atoms with Gasteiger partial charge in [0.25, 0.3) is 5.91 Å². The summed E-state index contributed by atoms with van der Waals surface area (Å²) in [4.78, 5) is 24.4. The number of rotatable bonds is 7. The van der Waals surface area contributed by atoms with Crippen LogP contribution in [0.25, 0.3) is 0 Å². The molecule has 0 unspecified atom stereocenters. The molecule has 4 rings (SSSR count). The van der Waals surface area contributed by atoms with Gasteiger partial charge in [-0.25, -0.2) is 4.98 Å². The van der Waals surface area contributed by atoms with E-state index in [0.29, 0.717) is 39.8 Å². The second-order valence-electron chi connectivity index (χ2n) is 8.22. The number of carbonyl (C=O) groups excluding carboxylic acids is 1. The van der Waals surface area contributed by atoms with Crippen LogP contribution in [0.4, 0.5) is 11.8 Å². The van der Waals surface area contributed by atoms with E-state index in [4.69, 9.17) is 28.2 Å². The van der Waals surface area contributed by atoms with Crippen molar-refractivity contribution in [3.05, 3.63) is 82.0 Å². The lowest BCUT2D eigenvalue weighted by Gasteiger charge is -2.30. The van der Waals surface area contributed by atoms with Crippen molar-refractivity contribution in [1.29, 1.82) is 0 Å². The fourth-order valence-corrected chi connectivity index (χ4v) is 4.59. The lowest BCUT2D eigenvalue weighted by Crippen LogP contribution is -2.40. The number of aromatic nitrogens is 2. The van der Waals surface area contributed by atoms with Gasteiger partial charge in [0.15, 0.2) is 0 Å². The number of anilines is 2. The van der Waals surface area contributed by atoms with E-state index < -0.39 is 0 Å². The third kappa shape index (κ3) is 5.82. The minimum absolute atomic E-state index is 0.00744. The highest BCUT2D eigenvalue weighted by molar-refractivity contribution is 6.40. The van der Waals surface area contributed by atoms with Crippen LogP contribution in [0.3, 0.4) is 0 Å². The largest absolute Gasteiger partial charge is 0.348 e. The van der Waals surface area contributed by atoms with Gasteiger partial charge in [0.1, 0.15) is 5.82 Å². The zero-order valence-corrected chi connectivity index (χ0v) is 20.0. The van der Waals surface area contributed by atoms with E-state index in [2.05, 4.69) is 15.6 Å². The lowest BCUT2D eigenvalue weighted by atomic mass is 9.97. The van der Waals surface area contributed by atoms with Crippen LogP contribution in [0, 0.1) is 5.92 Å². The van der Waals surface area contributed by atoms with Crippen LogP contribution in [0.1, 0.15) is 41.7 Å². The first-order chi connectivity index (χ1) is 16.0. The van der Waals surface area contributed by atoms with Crippen LogP contribution < -0.4 is 15.5 Å². The number of amides is 1. The molecular weight excluding hydrogens is 457 g/mol. The molecule has 1 saturated heterocycles. The standard InChI is InChI=1S/C25H27Cl2N5O/c1-17(19-6-3-2-4-7-19)30-25-29-15-12-22(31-25)32(16-18-10-13-28-14-11-18)24(33)23-20(26)8-5-9-21(23)27/h2-9,12,15,17-18,28H,10-11,13-14,16H2,1H3,(H,29,30,31)/t17-/m0/s1. The molecule has 0 radical (unpaired) electrons. The predicted octanol–water partition coefficient (Wildman–Crippen LogP) is 5.60. The minimum Gasteiger partial charge on any atom is -0.348 e. The number of carbonyl (C=O) groups is 1. The fraction of sp³-hybridized carbons (Fsp3) is 0.320. The van der Waals surface area contributed by atoms with Gasteiger partial charge in [0, 0.05) is 12.7 Å². The number of nitrogens with one attached hydrogen (secondary N) is 2. The molecule has 1 aliphatic rings. The quantitative estimate of drug-likeness (QED) is 0.457. The zero-order chi connectivity index (χ0) is 23.2. The van der Waals surface area contributed by atoms with Gasteiger partial charge in [-0.3, -0.25) is 9.69 Å². The number of hydrogen-bond acceptors (Lipinski definition) is 5. The Morgan fingerprint density at radius 1 is 1.09 bits per heavy atom. The molecule has 3 aromatic rings. The predicted molar refractivity (Wildman–Crippen MR) is 134 cm³/mol. The maximum absolute atomic E-state index is 13.7. The fourth-order valence-electron chi connectivity index (χ4n) is 4.03. The van der Waals surface area contributed by atoms with E-state index >= 15 is 0 Å². The van der Waals surface area contributed by atoms with Crippen LogP contribution >= 0.6 is 23.2 Å². The molecule has 1 amide bonds. The summed E-state index contributed by atoms with van der Waals surface area (Å²) in [7, 11) is 0. The summed E-state index contributed by atoms with van der Waals surface area (Å²) in [5.41, 5.74) is 1.41. The van der Waals surface area contributed by atoms with Crippen LogP contribution in [-0.2, 0) is 0 Å². The normalized spacial score (nSPS) is 15.1. The number of halogens is 2. The van der Waals surface area contributed by atoms with Crippen molar-refractivity contribution in [2.75, 3.05) is 29.9 Å². The Morgan fingerprint density at radius 3 is 2.48 bits per heavy atom. The lowest BCUT2D eigenvalue weighted by molar-refractivity contribution is 0.0980. The molecule has 172 valence electrons. The molecule has 1 aromatic heterocycles. The molecule has 2 aromatic carbocycles. The second-order valence-corrected chi connectivity index (χ2v) is 9.04. The van der Waals surface area contributed by atoms with Gasteiger partial charge in [-0.15, -0.1) is 0 Å². The van der Waals surface area contributed by atoms with E-state index in [1.807, 2.05) is 37.3 Å². The minimum atomic E-state index is -0.259. The number of nitrogens with zero attached hydrogens (tertiary/aromatic N) is 3. The Balaban J connectivity index is 1.63. The zero-order valence-electron chi connectivity index (χ0n) is 18.5. The van der Waals surface area contributed by atoms with Crippen molar-refractivity contribution in [1.82, 2.24) is 15.3 Å². The molecule has 2 N–H and O–H groups in total. The van der Waals surface area contributed by atoms with Gasteiger partial charge in [-0.05, 0) is 62.5 Å². The monoisotopic (exact) mass is 483 g/mol. The molecule has 1 aliphatic heterocycles. The van der Waals surface area contributed by atoms with Crippen molar-refractivity contribution < 1.29 is 4.79 Å². The van der Waals surface area contributed by atoms with Crippen molar-refractivity contribution in [3.63, 3.8) is 0 Å². The highest BCUT2D eigenvalue weighted by Crippen LogP contribution is 2.29. The highest BCUT2D eigenvalue weighted by atomic mass is 35.5. The second kappa shape index (κ2) is 11.0. The summed E-state index contributed by atoms with van der Waals surface area (Å²) in [5.74, 6) is 1.07. The van der Waals surface area contributed by atoms with Crippen LogP contribution in [-0.4, -0.2) is 35.5 Å². The first-order valence-corrected chi connectivity index (χ1v) is 11.9. The Hall–Kier alpha value is -2.67. The number of hydrogen-bond donors (Lipinski definition) is 2. The van der Waals surface area contributed by atoms with E-state index in [0.717, 1.165) is 31.5 Å². The van der Waals surface area contributed by atoms with E-state index in [1.165, 1.54) is 0 Å². The smallest absolute Gasteiger partial charge is 0.262 e. The SMILES string of the molecule is C[C@H](Nc1nccc(N(CC2CCNCC2)C(=O)c2c(Cl)cccc2Cl)n1)c1ccccc1. The van der Waals surface area contributed by atoms with Crippen molar-refractivity contribution in [2.24, 2.45) is 5.92 Å². The van der Waals surface area contributed by atoms with E-state index in [-0.39, 0.29) is 11.9 Å². The van der Waals surface area contributed by atoms with Gasteiger partial charge in [-0.1, -0.05) is 59.6 Å². The average Bonchev–Trinajstić information content (AvgIpc) is 2.83. The van der Waals surface area contributed by atoms with Crippen molar-refractivity contribution in [2.45, 2.75) is 25.8 Å². The molecule has 0 spiro atoms. The molecule has 6 nitrogen and oxygen atoms in total. The molecule has 0 saturated carbocycles. The van der Waals surface area contributed by atoms with Gasteiger partial charge >= 0.3 is 0 Å². The Kier molecular flexibility index (Phi) is 7.81. The molecule has 1 atom stereocenters. The molecular formula is C25H27Cl2N5O. The third-order valence-corrected chi connectivity index (χ3v) is 6.51. The Morgan fingerprint density at radius 2 is 1.79 bits per heavy atom. The maximum atomic E-state index is 13.7. The van der Waals surface area contributed by atoms with E-state index in [1.54, 1.807) is 35.4 Å². The van der Waals surface area contributed by atoms with Gasteiger partial charge in [0.05, 0.1) is 21.7 Å². The first-order valence-electron chi connectivity index (χ1n) is 11.1. The summed E-state index contributed by atoms with van der Waals surface area (Å²) in [6.07, 6.45) is 3.64. The van der Waals surface area contributed by atoms with Crippen LogP contribution in [0.15, 0.2) is 60.8 Å². The van der Waals surface area contributed by atoms with Crippen LogP contribution in [0.2, 0.25) is 10.0 Å². The van der Waals surface area contributed by atoms with Gasteiger partial charge < -0.3 is 10.6 Å². The topological polar surface area (TPSA) is 70.2 Å². The molecule has 2 heterocycles. The summed E-state index contributed by atoms with van der Waals surface area (Å²) < 4.78 is 0. The van der Waals surface area contributed by atoms with Crippen molar-refractivity contribution in [3.8, 4) is 0 Å². The molecule has 0 bridgehead atoms. The molecule has 8 heteroatoms. The molecule has 1 fully saturated rings. The van der Waals surface area contributed by atoms with Gasteiger partial charge in [-0.2, -0.15) is 4.98 Å².